The van der Waals surface area contributed by atoms with Gasteiger partial charge in [-0.1, -0.05) is 31.5 Å². The van der Waals surface area contributed by atoms with Crippen LogP contribution in [0, 0.1) is 23.7 Å². The molecule has 4 atom stereocenters. The zero-order chi connectivity index (χ0) is 25.0. The lowest BCUT2D eigenvalue weighted by Crippen LogP contribution is -2.66. The zero-order valence-corrected chi connectivity index (χ0v) is 22.5. The maximum absolute atomic E-state index is 13.5. The van der Waals surface area contributed by atoms with Crippen molar-refractivity contribution in [3.05, 3.63) is 29.8 Å². The van der Waals surface area contributed by atoms with Crippen LogP contribution in [0.25, 0.3) is 0 Å². The predicted molar refractivity (Wildman–Crippen MR) is 132 cm³/mol. The number of rotatable bonds is 7. The van der Waals surface area contributed by atoms with Gasteiger partial charge in [-0.05, 0) is 102 Å². The molecule has 4 bridgehead atoms. The van der Waals surface area contributed by atoms with Gasteiger partial charge in [-0.3, -0.25) is 4.18 Å². The molecule has 4 saturated carbocycles. The van der Waals surface area contributed by atoms with Crippen LogP contribution in [0.1, 0.15) is 85.1 Å². The van der Waals surface area contributed by atoms with Crippen molar-refractivity contribution in [1.82, 2.24) is 4.90 Å². The largest absolute Gasteiger partial charge is 0.444 e. The van der Waals surface area contributed by atoms with Gasteiger partial charge >= 0.3 is 6.09 Å². The number of hydrogen-bond acceptors (Lipinski definition) is 5. The Hall–Kier alpha value is -1.60. The van der Waals surface area contributed by atoms with Crippen LogP contribution in [0.5, 0.6) is 0 Å². The Bertz CT molecular complexity index is 1010. The van der Waals surface area contributed by atoms with Crippen LogP contribution >= 0.6 is 0 Å². The van der Waals surface area contributed by atoms with E-state index in [1.807, 2.05) is 32.6 Å². The lowest BCUT2D eigenvalue weighted by molar-refractivity contribution is -0.157. The summed E-state index contributed by atoms with van der Waals surface area (Å²) in [4.78, 5) is 15.6. The summed E-state index contributed by atoms with van der Waals surface area (Å²) in [6.07, 6.45) is 6.85. The number of hydrogen-bond donors (Lipinski definition) is 0. The van der Waals surface area contributed by atoms with Gasteiger partial charge in [0.25, 0.3) is 10.1 Å². The molecule has 0 radical (unpaired) electrons. The fourth-order valence-corrected chi connectivity index (χ4v) is 8.63. The molecule has 1 aromatic rings. The minimum Gasteiger partial charge on any atom is -0.444 e. The maximum Gasteiger partial charge on any atom is 0.410 e. The number of carbonyl (C=O) groups excluding carboxylic acids is 1. The van der Waals surface area contributed by atoms with Crippen molar-refractivity contribution in [1.29, 1.82) is 0 Å². The number of carbonyl (C=O) groups is 1. The molecular formula is C27H41NO5S. The molecule has 0 aliphatic heterocycles. The molecule has 0 aromatic heterocycles. The summed E-state index contributed by atoms with van der Waals surface area (Å²) in [7, 11) is -3.82. The van der Waals surface area contributed by atoms with Gasteiger partial charge in [0.2, 0.25) is 0 Å². The molecule has 190 valence electrons. The fraction of sp³-hybridized carbons (Fsp3) is 0.741. The van der Waals surface area contributed by atoms with Crippen LogP contribution in [-0.2, 0) is 19.0 Å². The molecule has 1 aromatic carbocycles. The van der Waals surface area contributed by atoms with E-state index in [4.69, 9.17) is 8.92 Å². The zero-order valence-electron chi connectivity index (χ0n) is 21.6. The summed E-state index contributed by atoms with van der Waals surface area (Å²) >= 11 is 0. The third-order valence-corrected chi connectivity index (χ3v) is 9.18. The van der Waals surface area contributed by atoms with Gasteiger partial charge in [-0.2, -0.15) is 8.42 Å². The molecule has 0 spiro atoms. The van der Waals surface area contributed by atoms with Gasteiger partial charge < -0.3 is 9.64 Å². The highest BCUT2D eigenvalue weighted by Gasteiger charge is 2.62. The average Bonchev–Trinajstić information content (AvgIpc) is 2.63. The van der Waals surface area contributed by atoms with Crippen LogP contribution in [0.4, 0.5) is 4.79 Å². The number of aryl methyl sites for hydroxylation is 1. The molecule has 1 amide bonds. The lowest BCUT2D eigenvalue weighted by atomic mass is 9.42. The Kier molecular flexibility index (Phi) is 6.38. The highest BCUT2D eigenvalue weighted by molar-refractivity contribution is 7.86. The SMILES string of the molecule is Cc1ccc(S(=O)(=O)OCCCN(C(=O)OC(C)(C)C)C23CC4C[C@@](C)(C2)C[C@](C)(C4)C3)cc1. The van der Waals surface area contributed by atoms with E-state index in [9.17, 15) is 13.2 Å². The maximum atomic E-state index is 13.5. The standard InChI is InChI=1S/C27H41NO5S/c1-20-8-10-22(11-9-20)34(30,31)32-13-7-12-28(23(29)33-24(2,3)4)27-16-21-14-25(5,18-27)17-26(6,15-21)19-27/h8-11,21H,7,12-19H2,1-6H3/t21?,25-,26+,27?. The van der Waals surface area contributed by atoms with Crippen molar-refractivity contribution in [3.63, 3.8) is 0 Å². The van der Waals surface area contributed by atoms with Crippen molar-refractivity contribution < 1.29 is 22.1 Å². The number of ether oxygens (including phenoxy) is 1. The van der Waals surface area contributed by atoms with Crippen molar-refractivity contribution in [2.24, 2.45) is 16.7 Å². The first-order chi connectivity index (χ1) is 15.6. The molecule has 7 heteroatoms. The van der Waals surface area contributed by atoms with E-state index in [2.05, 4.69) is 13.8 Å². The van der Waals surface area contributed by atoms with Gasteiger partial charge in [-0.15, -0.1) is 0 Å². The molecule has 0 saturated heterocycles. The third kappa shape index (κ3) is 5.30. The quantitative estimate of drug-likeness (QED) is 0.342. The van der Waals surface area contributed by atoms with E-state index in [0.29, 0.717) is 18.9 Å². The summed E-state index contributed by atoms with van der Waals surface area (Å²) in [5, 5.41) is 0. The van der Waals surface area contributed by atoms with E-state index in [-0.39, 0.29) is 34.0 Å². The Labute approximate surface area is 205 Å². The second kappa shape index (κ2) is 8.51. The highest BCUT2D eigenvalue weighted by Crippen LogP contribution is 2.67. The monoisotopic (exact) mass is 491 g/mol. The molecule has 34 heavy (non-hydrogen) atoms. The van der Waals surface area contributed by atoms with E-state index < -0.39 is 15.7 Å². The highest BCUT2D eigenvalue weighted by atomic mass is 32.2. The number of amides is 1. The number of nitrogens with zero attached hydrogens (tertiary/aromatic N) is 1. The van der Waals surface area contributed by atoms with E-state index >= 15 is 0 Å². The Morgan fingerprint density at radius 3 is 2.15 bits per heavy atom. The third-order valence-electron chi connectivity index (χ3n) is 7.86. The first-order valence-electron chi connectivity index (χ1n) is 12.6. The van der Waals surface area contributed by atoms with Crippen LogP contribution in [0.2, 0.25) is 0 Å². The Balaban J connectivity index is 1.49. The molecule has 6 nitrogen and oxygen atoms in total. The van der Waals surface area contributed by atoms with E-state index in [0.717, 1.165) is 24.8 Å². The Morgan fingerprint density at radius 1 is 1.03 bits per heavy atom. The fourth-order valence-electron chi connectivity index (χ4n) is 7.69. The van der Waals surface area contributed by atoms with Gasteiger partial charge in [0.05, 0.1) is 11.5 Å². The first-order valence-corrected chi connectivity index (χ1v) is 14.0. The molecule has 4 aliphatic rings. The van der Waals surface area contributed by atoms with Gasteiger partial charge in [-0.25, -0.2) is 4.79 Å². The van der Waals surface area contributed by atoms with Crippen molar-refractivity contribution in [3.8, 4) is 0 Å². The van der Waals surface area contributed by atoms with Crippen LogP contribution in [0.15, 0.2) is 29.2 Å². The second-order valence-corrected chi connectivity index (χ2v) is 14.5. The molecule has 4 aliphatic carbocycles. The van der Waals surface area contributed by atoms with Crippen LogP contribution < -0.4 is 0 Å². The summed E-state index contributed by atoms with van der Waals surface area (Å²) < 4.78 is 36.4. The van der Waals surface area contributed by atoms with E-state index in [1.165, 1.54) is 19.3 Å². The predicted octanol–water partition coefficient (Wildman–Crippen LogP) is 6.08. The molecule has 4 fully saturated rings. The average molecular weight is 492 g/mol. The number of benzene rings is 1. The van der Waals surface area contributed by atoms with Crippen molar-refractivity contribution in [2.75, 3.05) is 13.2 Å². The van der Waals surface area contributed by atoms with E-state index in [1.54, 1.807) is 24.3 Å². The van der Waals surface area contributed by atoms with Crippen molar-refractivity contribution in [2.45, 2.75) is 103 Å². The lowest BCUT2D eigenvalue weighted by Gasteiger charge is -2.67. The summed E-state index contributed by atoms with van der Waals surface area (Å²) in [6.45, 7) is 12.8. The van der Waals surface area contributed by atoms with Crippen LogP contribution in [0.3, 0.4) is 0 Å². The molecule has 2 unspecified atom stereocenters. The molecular weight excluding hydrogens is 450 g/mol. The van der Waals surface area contributed by atoms with Gasteiger partial charge in [0.1, 0.15) is 5.60 Å². The minimum atomic E-state index is -3.82. The molecule has 0 heterocycles. The first kappa shape index (κ1) is 25.5. The summed E-state index contributed by atoms with van der Waals surface area (Å²) in [5.41, 5.74) is 0.682. The minimum absolute atomic E-state index is 0.0313. The van der Waals surface area contributed by atoms with Crippen molar-refractivity contribution >= 4 is 16.2 Å². The summed E-state index contributed by atoms with van der Waals surface area (Å²) in [6, 6.07) is 6.65. The normalized spacial score (nSPS) is 32.6. The van der Waals surface area contributed by atoms with Gasteiger partial charge in [0.15, 0.2) is 0 Å². The van der Waals surface area contributed by atoms with Crippen LogP contribution in [-0.4, -0.2) is 43.7 Å². The molecule has 5 rings (SSSR count). The molecule has 0 N–H and O–H groups in total. The second-order valence-electron chi connectivity index (χ2n) is 12.9. The Morgan fingerprint density at radius 2 is 1.62 bits per heavy atom. The van der Waals surface area contributed by atoms with Gasteiger partial charge in [0, 0.05) is 12.1 Å². The summed E-state index contributed by atoms with van der Waals surface area (Å²) in [5.74, 6) is 0.634. The smallest absolute Gasteiger partial charge is 0.410 e. The topological polar surface area (TPSA) is 72.9 Å².